The second-order valence-electron chi connectivity index (χ2n) is 7.31. The molecule has 1 rings (SSSR count). The van der Waals surface area contributed by atoms with Crippen molar-refractivity contribution in [2.24, 2.45) is 23.1 Å². The Morgan fingerprint density at radius 2 is 1.60 bits per heavy atom. The van der Waals surface area contributed by atoms with Crippen LogP contribution in [-0.2, 0) is 23.9 Å². The highest BCUT2D eigenvalue weighted by Gasteiger charge is 2.43. The first-order valence-electron chi connectivity index (χ1n) is 9.53. The van der Waals surface area contributed by atoms with Gasteiger partial charge in [0.15, 0.2) is 6.29 Å². The SMILES string of the molecule is CC1C(CO)OC(O)C(NC(=O)C(CCC(N)=O)NC(=O)C(N)CCC(N)=O)C1O. The lowest BCUT2D eigenvalue weighted by molar-refractivity contribution is -0.235. The average molecular weight is 433 g/mol. The van der Waals surface area contributed by atoms with Crippen molar-refractivity contribution in [2.45, 2.75) is 69.2 Å². The van der Waals surface area contributed by atoms with Gasteiger partial charge in [-0.1, -0.05) is 6.92 Å². The first-order valence-corrected chi connectivity index (χ1v) is 9.53. The van der Waals surface area contributed by atoms with Crippen LogP contribution in [0, 0.1) is 5.92 Å². The molecule has 1 aliphatic heterocycles. The summed E-state index contributed by atoms with van der Waals surface area (Å²) in [6.07, 6.45) is -4.25. The van der Waals surface area contributed by atoms with Crippen molar-refractivity contribution in [3.05, 3.63) is 0 Å². The fourth-order valence-corrected chi connectivity index (χ4v) is 3.00. The molecular formula is C17H31N5O8. The summed E-state index contributed by atoms with van der Waals surface area (Å²) < 4.78 is 5.19. The Kier molecular flexibility index (Phi) is 10.1. The number of aliphatic hydroxyl groups excluding tert-OH is 3. The number of rotatable bonds is 11. The normalized spacial score (nSPS) is 28.2. The largest absolute Gasteiger partial charge is 0.394 e. The summed E-state index contributed by atoms with van der Waals surface area (Å²) >= 11 is 0. The number of aliphatic hydroxyl groups is 3. The van der Waals surface area contributed by atoms with E-state index in [1.165, 1.54) is 0 Å². The highest BCUT2D eigenvalue weighted by Crippen LogP contribution is 2.24. The minimum Gasteiger partial charge on any atom is -0.394 e. The number of amides is 4. The Hall–Kier alpha value is -2.32. The van der Waals surface area contributed by atoms with Gasteiger partial charge < -0.3 is 47.9 Å². The van der Waals surface area contributed by atoms with Crippen LogP contribution >= 0.6 is 0 Å². The van der Waals surface area contributed by atoms with Gasteiger partial charge in [0.25, 0.3) is 0 Å². The van der Waals surface area contributed by atoms with Crippen LogP contribution in [0.2, 0.25) is 0 Å². The van der Waals surface area contributed by atoms with Crippen LogP contribution in [0.25, 0.3) is 0 Å². The van der Waals surface area contributed by atoms with Gasteiger partial charge in [0, 0.05) is 18.8 Å². The zero-order chi connectivity index (χ0) is 23.0. The zero-order valence-corrected chi connectivity index (χ0v) is 16.7. The number of nitrogens with two attached hydrogens (primary N) is 3. The standard InChI is InChI=1S/C17H31N5O8/c1-7-10(6-23)30-17(29)13(14(7)26)22-16(28)9(3-5-12(20)25)21-15(27)8(18)2-4-11(19)24/h7-10,13-14,17,23,26,29H,2-6,18H2,1H3,(H2,19,24)(H2,20,25)(H,21,27)(H,22,28). The lowest BCUT2D eigenvalue weighted by Crippen LogP contribution is -2.63. The third kappa shape index (κ3) is 7.50. The van der Waals surface area contributed by atoms with Crippen LogP contribution < -0.4 is 27.8 Å². The molecule has 0 radical (unpaired) electrons. The van der Waals surface area contributed by atoms with Crippen molar-refractivity contribution >= 4 is 23.6 Å². The summed E-state index contributed by atoms with van der Waals surface area (Å²) in [6, 6.07) is -3.62. The van der Waals surface area contributed by atoms with Crippen LogP contribution in [0.4, 0.5) is 0 Å². The maximum atomic E-state index is 12.7. The Morgan fingerprint density at radius 3 is 2.13 bits per heavy atom. The van der Waals surface area contributed by atoms with E-state index in [1.54, 1.807) is 6.92 Å². The number of primary amides is 2. The molecule has 0 aromatic rings. The molecular weight excluding hydrogens is 402 g/mol. The molecule has 0 aromatic carbocycles. The molecule has 0 saturated carbocycles. The molecule has 0 aliphatic carbocycles. The molecule has 13 nitrogen and oxygen atoms in total. The first-order chi connectivity index (χ1) is 14.0. The molecule has 0 spiro atoms. The monoisotopic (exact) mass is 433 g/mol. The summed E-state index contributed by atoms with van der Waals surface area (Å²) in [7, 11) is 0. The molecule has 1 fully saturated rings. The average Bonchev–Trinajstić information content (AvgIpc) is 2.68. The van der Waals surface area contributed by atoms with E-state index in [0.717, 1.165) is 0 Å². The van der Waals surface area contributed by atoms with E-state index in [0.29, 0.717) is 0 Å². The lowest BCUT2D eigenvalue weighted by atomic mass is 9.89. The van der Waals surface area contributed by atoms with Gasteiger partial charge in [-0.25, -0.2) is 0 Å². The lowest BCUT2D eigenvalue weighted by Gasteiger charge is -2.41. The van der Waals surface area contributed by atoms with Gasteiger partial charge in [-0.05, 0) is 12.8 Å². The van der Waals surface area contributed by atoms with Crippen molar-refractivity contribution in [2.75, 3.05) is 6.61 Å². The van der Waals surface area contributed by atoms with Gasteiger partial charge >= 0.3 is 0 Å². The topological polar surface area (TPSA) is 240 Å². The van der Waals surface area contributed by atoms with Gasteiger partial charge in [0.2, 0.25) is 23.6 Å². The van der Waals surface area contributed by atoms with E-state index in [4.69, 9.17) is 21.9 Å². The summed E-state index contributed by atoms with van der Waals surface area (Å²) in [5.74, 6) is -3.52. The van der Waals surface area contributed by atoms with Crippen molar-refractivity contribution < 1.29 is 39.2 Å². The van der Waals surface area contributed by atoms with Crippen molar-refractivity contribution in [1.29, 1.82) is 0 Å². The fourth-order valence-electron chi connectivity index (χ4n) is 3.00. The van der Waals surface area contributed by atoms with E-state index in [9.17, 15) is 34.5 Å². The van der Waals surface area contributed by atoms with Crippen LogP contribution in [0.5, 0.6) is 0 Å². The minimum absolute atomic E-state index is 0.0424. The Bertz CT molecular complexity index is 633. The molecule has 1 saturated heterocycles. The number of hydrogen-bond donors (Lipinski definition) is 8. The number of carbonyl (C=O) groups excluding carboxylic acids is 4. The highest BCUT2D eigenvalue weighted by molar-refractivity contribution is 5.90. The summed E-state index contributed by atoms with van der Waals surface area (Å²) in [4.78, 5) is 46.9. The quantitative estimate of drug-likeness (QED) is 0.156. The zero-order valence-electron chi connectivity index (χ0n) is 16.7. The number of hydrogen-bond acceptors (Lipinski definition) is 9. The molecule has 0 bridgehead atoms. The highest BCUT2D eigenvalue weighted by atomic mass is 16.6. The van der Waals surface area contributed by atoms with Gasteiger partial charge in [0.05, 0.1) is 24.9 Å². The van der Waals surface area contributed by atoms with Crippen LogP contribution in [0.3, 0.4) is 0 Å². The van der Waals surface area contributed by atoms with E-state index in [1.807, 2.05) is 0 Å². The second kappa shape index (κ2) is 11.8. The maximum absolute atomic E-state index is 12.7. The molecule has 4 amide bonds. The number of ether oxygens (including phenoxy) is 1. The summed E-state index contributed by atoms with van der Waals surface area (Å²) in [6.45, 7) is 1.14. The molecule has 13 heteroatoms. The van der Waals surface area contributed by atoms with Crippen molar-refractivity contribution in [3.8, 4) is 0 Å². The predicted octanol–water partition coefficient (Wildman–Crippen LogP) is -4.48. The first kappa shape index (κ1) is 25.7. The van der Waals surface area contributed by atoms with Gasteiger partial charge in [-0.15, -0.1) is 0 Å². The van der Waals surface area contributed by atoms with E-state index in [-0.39, 0.29) is 25.7 Å². The van der Waals surface area contributed by atoms with E-state index >= 15 is 0 Å². The molecule has 7 atom stereocenters. The van der Waals surface area contributed by atoms with Crippen molar-refractivity contribution in [1.82, 2.24) is 10.6 Å². The minimum atomic E-state index is -1.61. The van der Waals surface area contributed by atoms with Crippen molar-refractivity contribution in [3.63, 3.8) is 0 Å². The third-order valence-corrected chi connectivity index (χ3v) is 4.95. The number of carbonyl (C=O) groups is 4. The molecule has 0 aromatic heterocycles. The molecule has 30 heavy (non-hydrogen) atoms. The Balaban J connectivity index is 2.83. The molecule has 7 unspecified atom stereocenters. The summed E-state index contributed by atoms with van der Waals surface area (Å²) in [5, 5.41) is 34.4. The van der Waals surface area contributed by atoms with Crippen LogP contribution in [0.1, 0.15) is 32.6 Å². The maximum Gasteiger partial charge on any atom is 0.243 e. The van der Waals surface area contributed by atoms with E-state index < -0.39 is 72.8 Å². The Labute approximate surface area is 173 Å². The molecule has 1 aliphatic rings. The number of nitrogens with one attached hydrogen (secondary N) is 2. The summed E-state index contributed by atoms with van der Waals surface area (Å²) in [5.41, 5.74) is 15.8. The molecule has 1 heterocycles. The van der Waals surface area contributed by atoms with Gasteiger partial charge in [0.1, 0.15) is 12.1 Å². The van der Waals surface area contributed by atoms with Crippen LogP contribution in [-0.4, -0.2) is 82.2 Å². The predicted molar refractivity (Wildman–Crippen MR) is 102 cm³/mol. The molecule has 11 N–H and O–H groups in total. The second-order valence-corrected chi connectivity index (χ2v) is 7.31. The van der Waals surface area contributed by atoms with Gasteiger partial charge in [-0.3, -0.25) is 19.2 Å². The van der Waals surface area contributed by atoms with E-state index in [2.05, 4.69) is 10.6 Å². The van der Waals surface area contributed by atoms with Gasteiger partial charge in [-0.2, -0.15) is 0 Å². The fraction of sp³-hybridized carbons (Fsp3) is 0.765. The smallest absolute Gasteiger partial charge is 0.243 e. The molecule has 172 valence electrons. The Morgan fingerprint density at radius 1 is 1.03 bits per heavy atom. The van der Waals surface area contributed by atoms with Crippen LogP contribution in [0.15, 0.2) is 0 Å². The third-order valence-electron chi connectivity index (χ3n) is 4.95.